The summed E-state index contributed by atoms with van der Waals surface area (Å²) in [4.78, 5) is 12.1. The Kier molecular flexibility index (Phi) is 5.49. The Hall–Kier alpha value is -1.02. The molecule has 0 N–H and O–H groups in total. The minimum Gasteiger partial charge on any atom is -0.493 e. The van der Waals surface area contributed by atoms with Gasteiger partial charge in [-0.1, -0.05) is 12.1 Å². The van der Waals surface area contributed by atoms with Crippen LogP contribution in [0.4, 0.5) is 0 Å². The molecule has 1 aromatic carbocycles. The van der Waals surface area contributed by atoms with Crippen molar-refractivity contribution in [3.63, 3.8) is 0 Å². The molecular formula is C14H19ClO2. The first kappa shape index (κ1) is 14.0. The van der Waals surface area contributed by atoms with E-state index in [0.717, 1.165) is 22.4 Å². The number of Topliss-reactive ketones (excluding diaryl/α,β-unsaturated/α-hetero) is 1. The number of ether oxygens (including phenoxy) is 1. The Bertz CT molecular complexity index is 399. The first-order valence-corrected chi connectivity index (χ1v) is 6.47. The minimum absolute atomic E-state index is 0.121. The molecule has 2 nitrogen and oxygen atoms in total. The van der Waals surface area contributed by atoms with E-state index < -0.39 is 0 Å². The molecule has 0 saturated heterocycles. The van der Waals surface area contributed by atoms with Gasteiger partial charge in [-0.2, -0.15) is 0 Å². The molecule has 0 saturated carbocycles. The van der Waals surface area contributed by atoms with Crippen LogP contribution in [0.3, 0.4) is 0 Å². The fourth-order valence-electron chi connectivity index (χ4n) is 1.81. The molecule has 0 aliphatic carbocycles. The number of hydrogen-bond acceptors (Lipinski definition) is 2. The van der Waals surface area contributed by atoms with Gasteiger partial charge in [0.25, 0.3) is 0 Å². The minimum atomic E-state index is 0.121. The highest BCUT2D eigenvalue weighted by Crippen LogP contribution is 2.28. The smallest absolute Gasteiger partial charge is 0.166 e. The summed E-state index contributed by atoms with van der Waals surface area (Å²) in [6, 6.07) is 3.95. The molecular weight excluding hydrogens is 236 g/mol. The molecule has 0 aromatic heterocycles. The van der Waals surface area contributed by atoms with E-state index in [-0.39, 0.29) is 5.78 Å². The monoisotopic (exact) mass is 254 g/mol. The fraction of sp³-hybridized carbons (Fsp3) is 0.500. The van der Waals surface area contributed by atoms with Crippen LogP contribution in [0.25, 0.3) is 0 Å². The maximum atomic E-state index is 12.1. The van der Waals surface area contributed by atoms with E-state index in [0.29, 0.717) is 25.3 Å². The number of rotatable bonds is 6. The lowest BCUT2D eigenvalue weighted by molar-refractivity contribution is 0.0977. The molecule has 0 atom stereocenters. The molecule has 3 heteroatoms. The topological polar surface area (TPSA) is 26.3 Å². The van der Waals surface area contributed by atoms with Gasteiger partial charge in [0, 0.05) is 12.3 Å². The SMILES string of the molecule is CCOc1c(C)ccc(C)c1C(=O)CCCCl. The average Bonchev–Trinajstić information content (AvgIpc) is 2.31. The Labute approximate surface area is 108 Å². The number of benzene rings is 1. The van der Waals surface area contributed by atoms with Crippen molar-refractivity contribution >= 4 is 17.4 Å². The van der Waals surface area contributed by atoms with Crippen LogP contribution < -0.4 is 4.74 Å². The van der Waals surface area contributed by atoms with Gasteiger partial charge in [-0.05, 0) is 38.3 Å². The zero-order chi connectivity index (χ0) is 12.8. The zero-order valence-corrected chi connectivity index (χ0v) is 11.4. The molecule has 0 bridgehead atoms. The van der Waals surface area contributed by atoms with E-state index in [4.69, 9.17) is 16.3 Å². The number of hydrogen-bond donors (Lipinski definition) is 0. The summed E-state index contributed by atoms with van der Waals surface area (Å²) >= 11 is 5.62. The van der Waals surface area contributed by atoms with Crippen molar-refractivity contribution in [1.29, 1.82) is 0 Å². The third-order valence-electron chi connectivity index (χ3n) is 2.67. The predicted molar refractivity (Wildman–Crippen MR) is 71.4 cm³/mol. The fourth-order valence-corrected chi connectivity index (χ4v) is 1.95. The lowest BCUT2D eigenvalue weighted by atomic mass is 9.98. The zero-order valence-electron chi connectivity index (χ0n) is 10.7. The van der Waals surface area contributed by atoms with E-state index >= 15 is 0 Å². The van der Waals surface area contributed by atoms with E-state index in [1.165, 1.54) is 0 Å². The molecule has 0 heterocycles. The number of carbonyl (C=O) groups is 1. The molecule has 0 amide bonds. The lowest BCUT2D eigenvalue weighted by Crippen LogP contribution is -2.08. The van der Waals surface area contributed by atoms with Crippen LogP contribution in [0.1, 0.15) is 41.3 Å². The Balaban J connectivity index is 3.10. The van der Waals surface area contributed by atoms with Crippen LogP contribution in [-0.2, 0) is 0 Å². The summed E-state index contributed by atoms with van der Waals surface area (Å²) in [6.45, 7) is 6.40. The van der Waals surface area contributed by atoms with Gasteiger partial charge < -0.3 is 4.74 Å². The van der Waals surface area contributed by atoms with Gasteiger partial charge in [0.1, 0.15) is 5.75 Å². The first-order valence-electron chi connectivity index (χ1n) is 5.94. The van der Waals surface area contributed by atoms with Crippen LogP contribution in [-0.4, -0.2) is 18.3 Å². The van der Waals surface area contributed by atoms with Crippen LogP contribution in [0, 0.1) is 13.8 Å². The third kappa shape index (κ3) is 3.47. The van der Waals surface area contributed by atoms with Crippen LogP contribution >= 0.6 is 11.6 Å². The van der Waals surface area contributed by atoms with Crippen LogP contribution in [0.5, 0.6) is 5.75 Å². The van der Waals surface area contributed by atoms with Gasteiger partial charge in [0.15, 0.2) is 5.78 Å². The van der Waals surface area contributed by atoms with Crippen LogP contribution in [0.2, 0.25) is 0 Å². The standard InChI is InChI=1S/C14H19ClO2/c1-4-17-14-11(3)8-7-10(2)13(14)12(16)6-5-9-15/h7-8H,4-6,9H2,1-3H3. The van der Waals surface area contributed by atoms with E-state index in [2.05, 4.69) is 0 Å². The molecule has 0 aliphatic rings. The third-order valence-corrected chi connectivity index (χ3v) is 2.94. The summed E-state index contributed by atoms with van der Waals surface area (Å²) in [5.41, 5.74) is 2.70. The maximum Gasteiger partial charge on any atom is 0.166 e. The Morgan fingerprint density at radius 3 is 2.53 bits per heavy atom. The number of halogens is 1. The summed E-state index contributed by atoms with van der Waals surface area (Å²) in [5.74, 6) is 1.36. The summed E-state index contributed by atoms with van der Waals surface area (Å²) in [6.07, 6.45) is 1.19. The van der Waals surface area contributed by atoms with Crippen molar-refractivity contribution in [2.24, 2.45) is 0 Å². The summed E-state index contributed by atoms with van der Waals surface area (Å²) < 4.78 is 5.60. The number of alkyl halides is 1. The molecule has 94 valence electrons. The second-order valence-corrected chi connectivity index (χ2v) is 4.43. The normalized spacial score (nSPS) is 10.4. The van der Waals surface area contributed by atoms with Gasteiger partial charge in [-0.25, -0.2) is 0 Å². The Morgan fingerprint density at radius 2 is 1.94 bits per heavy atom. The maximum absolute atomic E-state index is 12.1. The lowest BCUT2D eigenvalue weighted by Gasteiger charge is -2.14. The second-order valence-electron chi connectivity index (χ2n) is 4.05. The van der Waals surface area contributed by atoms with Gasteiger partial charge >= 0.3 is 0 Å². The van der Waals surface area contributed by atoms with Crippen molar-refractivity contribution < 1.29 is 9.53 Å². The number of aryl methyl sites for hydroxylation is 2. The van der Waals surface area contributed by atoms with Gasteiger partial charge in [-0.15, -0.1) is 11.6 Å². The predicted octanol–water partition coefficient (Wildman–Crippen LogP) is 3.90. The van der Waals surface area contributed by atoms with Crippen molar-refractivity contribution in [1.82, 2.24) is 0 Å². The Morgan fingerprint density at radius 1 is 1.29 bits per heavy atom. The summed E-state index contributed by atoms with van der Waals surface area (Å²) in [5, 5.41) is 0. The number of ketones is 1. The average molecular weight is 255 g/mol. The molecule has 1 aromatic rings. The molecule has 0 radical (unpaired) electrons. The molecule has 0 unspecified atom stereocenters. The van der Waals surface area contributed by atoms with Crippen molar-refractivity contribution in [2.45, 2.75) is 33.6 Å². The van der Waals surface area contributed by atoms with E-state index in [1.807, 2.05) is 32.9 Å². The highest BCUT2D eigenvalue weighted by Gasteiger charge is 2.16. The largest absolute Gasteiger partial charge is 0.493 e. The molecule has 0 fully saturated rings. The first-order chi connectivity index (χ1) is 8.11. The molecule has 0 spiro atoms. The van der Waals surface area contributed by atoms with Crippen LogP contribution in [0.15, 0.2) is 12.1 Å². The van der Waals surface area contributed by atoms with Gasteiger partial charge in [0.05, 0.1) is 12.2 Å². The molecule has 1 rings (SSSR count). The van der Waals surface area contributed by atoms with E-state index in [1.54, 1.807) is 0 Å². The van der Waals surface area contributed by atoms with E-state index in [9.17, 15) is 4.79 Å². The highest BCUT2D eigenvalue weighted by molar-refractivity contribution is 6.18. The second kappa shape index (κ2) is 6.65. The van der Waals surface area contributed by atoms with Crippen molar-refractivity contribution in [3.05, 3.63) is 28.8 Å². The molecule has 17 heavy (non-hydrogen) atoms. The molecule has 0 aliphatic heterocycles. The van der Waals surface area contributed by atoms with Gasteiger partial charge in [0.2, 0.25) is 0 Å². The van der Waals surface area contributed by atoms with Crippen molar-refractivity contribution in [2.75, 3.05) is 12.5 Å². The summed E-state index contributed by atoms with van der Waals surface area (Å²) in [7, 11) is 0. The van der Waals surface area contributed by atoms with Crippen molar-refractivity contribution in [3.8, 4) is 5.75 Å². The van der Waals surface area contributed by atoms with Gasteiger partial charge in [-0.3, -0.25) is 4.79 Å². The number of carbonyl (C=O) groups excluding carboxylic acids is 1. The quantitative estimate of drug-likeness (QED) is 0.568. The highest BCUT2D eigenvalue weighted by atomic mass is 35.5.